The lowest BCUT2D eigenvalue weighted by atomic mass is 10.0. The predicted octanol–water partition coefficient (Wildman–Crippen LogP) is 3.08. The molecule has 0 radical (unpaired) electrons. The average Bonchev–Trinajstić information content (AvgIpc) is 2.78. The Labute approximate surface area is 114 Å². The van der Waals surface area contributed by atoms with Gasteiger partial charge in [-0.1, -0.05) is 33.3 Å². The van der Waals surface area contributed by atoms with Crippen LogP contribution < -0.4 is 11.1 Å². The summed E-state index contributed by atoms with van der Waals surface area (Å²) in [5.74, 6) is 0.443. The number of carbonyl (C=O) groups is 1. The maximum absolute atomic E-state index is 12.0. The highest BCUT2D eigenvalue weighted by Crippen LogP contribution is 2.25. The summed E-state index contributed by atoms with van der Waals surface area (Å²) in [4.78, 5) is 13.2. The van der Waals surface area contributed by atoms with Crippen molar-refractivity contribution in [3.05, 3.63) is 22.4 Å². The Kier molecular flexibility index (Phi) is 6.36. The van der Waals surface area contributed by atoms with Gasteiger partial charge in [-0.25, -0.2) is 0 Å². The van der Waals surface area contributed by atoms with E-state index in [1.165, 1.54) is 4.88 Å². The van der Waals surface area contributed by atoms with Gasteiger partial charge in [-0.15, -0.1) is 11.3 Å². The van der Waals surface area contributed by atoms with Crippen LogP contribution in [-0.4, -0.2) is 11.9 Å². The van der Waals surface area contributed by atoms with Crippen molar-refractivity contribution in [3.8, 4) is 0 Å². The molecule has 0 aliphatic heterocycles. The monoisotopic (exact) mass is 268 g/mol. The molecule has 0 fully saturated rings. The summed E-state index contributed by atoms with van der Waals surface area (Å²) in [5, 5.41) is 5.14. The fourth-order valence-electron chi connectivity index (χ4n) is 1.98. The van der Waals surface area contributed by atoms with Gasteiger partial charge in [0.1, 0.15) is 0 Å². The second-order valence-electron chi connectivity index (χ2n) is 5.06. The van der Waals surface area contributed by atoms with E-state index in [9.17, 15) is 4.79 Å². The van der Waals surface area contributed by atoms with Crippen LogP contribution in [0.4, 0.5) is 0 Å². The van der Waals surface area contributed by atoms with Gasteiger partial charge in [0, 0.05) is 17.3 Å². The number of thiophene rings is 1. The van der Waals surface area contributed by atoms with Gasteiger partial charge in [0.05, 0.1) is 6.04 Å². The molecule has 1 aromatic heterocycles. The van der Waals surface area contributed by atoms with Gasteiger partial charge in [0.2, 0.25) is 5.91 Å². The lowest BCUT2D eigenvalue weighted by Gasteiger charge is -2.22. The molecule has 0 saturated heterocycles. The van der Waals surface area contributed by atoms with Crippen molar-refractivity contribution in [3.63, 3.8) is 0 Å². The first-order valence-electron chi connectivity index (χ1n) is 6.63. The molecule has 1 aromatic rings. The van der Waals surface area contributed by atoms with Crippen LogP contribution in [0, 0.1) is 5.92 Å². The van der Waals surface area contributed by atoms with Crippen LogP contribution in [0.5, 0.6) is 0 Å². The highest BCUT2D eigenvalue weighted by Gasteiger charge is 2.20. The molecule has 18 heavy (non-hydrogen) atoms. The summed E-state index contributed by atoms with van der Waals surface area (Å²) >= 11 is 1.68. The third-order valence-corrected chi connectivity index (χ3v) is 3.90. The van der Waals surface area contributed by atoms with E-state index < -0.39 is 0 Å². The summed E-state index contributed by atoms with van der Waals surface area (Å²) in [6.45, 7) is 6.33. The van der Waals surface area contributed by atoms with Crippen molar-refractivity contribution in [2.24, 2.45) is 11.7 Å². The minimum Gasteiger partial charge on any atom is -0.348 e. The molecule has 0 aliphatic rings. The molecule has 1 rings (SSSR count). The number of nitrogens with two attached hydrogens (primary N) is 1. The van der Waals surface area contributed by atoms with Crippen LogP contribution in [0.25, 0.3) is 0 Å². The van der Waals surface area contributed by atoms with Crippen molar-refractivity contribution < 1.29 is 4.79 Å². The smallest absolute Gasteiger partial charge is 0.222 e. The van der Waals surface area contributed by atoms with E-state index in [1.54, 1.807) is 11.3 Å². The number of hydrogen-bond donors (Lipinski definition) is 2. The molecular formula is C14H24N2OS. The SMILES string of the molecule is CCCC(N)CC(=O)NC(c1cccs1)C(C)C. The number of amides is 1. The molecule has 0 aliphatic carbocycles. The Morgan fingerprint density at radius 1 is 1.50 bits per heavy atom. The van der Waals surface area contributed by atoms with E-state index in [4.69, 9.17) is 5.73 Å². The van der Waals surface area contributed by atoms with Gasteiger partial charge in [0.25, 0.3) is 0 Å². The first-order valence-corrected chi connectivity index (χ1v) is 7.50. The van der Waals surface area contributed by atoms with Crippen molar-refractivity contribution in [2.75, 3.05) is 0 Å². The van der Waals surface area contributed by atoms with Crippen LogP contribution in [0.1, 0.15) is 51.0 Å². The van der Waals surface area contributed by atoms with Gasteiger partial charge in [-0.2, -0.15) is 0 Å². The summed E-state index contributed by atoms with van der Waals surface area (Å²) in [5.41, 5.74) is 5.90. The molecule has 1 heterocycles. The Morgan fingerprint density at radius 2 is 2.22 bits per heavy atom. The summed E-state index contributed by atoms with van der Waals surface area (Å²) in [6, 6.07) is 4.17. The van der Waals surface area contributed by atoms with E-state index in [1.807, 2.05) is 11.4 Å². The Bertz CT molecular complexity index is 349. The molecule has 0 aromatic carbocycles. The quantitative estimate of drug-likeness (QED) is 0.798. The zero-order valence-electron chi connectivity index (χ0n) is 11.5. The van der Waals surface area contributed by atoms with Crippen LogP contribution in [0.3, 0.4) is 0 Å². The van der Waals surface area contributed by atoms with E-state index >= 15 is 0 Å². The zero-order chi connectivity index (χ0) is 13.5. The van der Waals surface area contributed by atoms with Crippen molar-refractivity contribution in [1.82, 2.24) is 5.32 Å². The van der Waals surface area contributed by atoms with Gasteiger partial charge in [-0.05, 0) is 23.8 Å². The lowest BCUT2D eigenvalue weighted by Crippen LogP contribution is -2.35. The van der Waals surface area contributed by atoms with Crippen LogP contribution in [-0.2, 0) is 4.79 Å². The van der Waals surface area contributed by atoms with E-state index in [0.717, 1.165) is 12.8 Å². The molecular weight excluding hydrogens is 244 g/mol. The normalized spacial score (nSPS) is 14.5. The third-order valence-electron chi connectivity index (χ3n) is 2.94. The molecule has 102 valence electrons. The molecule has 0 bridgehead atoms. The maximum Gasteiger partial charge on any atom is 0.222 e. The lowest BCUT2D eigenvalue weighted by molar-refractivity contribution is -0.122. The Morgan fingerprint density at radius 3 is 2.72 bits per heavy atom. The van der Waals surface area contributed by atoms with Gasteiger partial charge < -0.3 is 11.1 Å². The molecule has 2 unspecified atom stereocenters. The standard InChI is InChI=1S/C14H24N2OS/c1-4-6-11(15)9-13(17)16-14(10(2)3)12-7-5-8-18-12/h5,7-8,10-11,14H,4,6,9,15H2,1-3H3,(H,16,17). The molecule has 3 nitrogen and oxygen atoms in total. The fourth-order valence-corrected chi connectivity index (χ4v) is 2.93. The molecule has 0 saturated carbocycles. The van der Waals surface area contributed by atoms with Crippen LogP contribution in [0.15, 0.2) is 17.5 Å². The second kappa shape index (κ2) is 7.54. The van der Waals surface area contributed by atoms with Gasteiger partial charge in [0.15, 0.2) is 0 Å². The largest absolute Gasteiger partial charge is 0.348 e. The molecule has 3 N–H and O–H groups in total. The van der Waals surface area contributed by atoms with Gasteiger partial charge in [-0.3, -0.25) is 4.79 Å². The third kappa shape index (κ3) is 4.78. The van der Waals surface area contributed by atoms with Crippen molar-refractivity contribution in [1.29, 1.82) is 0 Å². The van der Waals surface area contributed by atoms with Crippen molar-refractivity contribution in [2.45, 2.75) is 52.1 Å². The molecule has 2 atom stereocenters. The fraction of sp³-hybridized carbons (Fsp3) is 0.643. The molecule has 0 spiro atoms. The van der Waals surface area contributed by atoms with Crippen LogP contribution >= 0.6 is 11.3 Å². The molecule has 1 amide bonds. The minimum absolute atomic E-state index is 0.0221. The number of carbonyl (C=O) groups excluding carboxylic acids is 1. The predicted molar refractivity (Wildman–Crippen MR) is 77.5 cm³/mol. The number of rotatable bonds is 7. The molecule has 4 heteroatoms. The summed E-state index contributed by atoms with van der Waals surface area (Å²) < 4.78 is 0. The second-order valence-corrected chi connectivity index (χ2v) is 6.04. The first-order chi connectivity index (χ1) is 8.54. The Hall–Kier alpha value is -0.870. The Balaban J connectivity index is 2.54. The van der Waals surface area contributed by atoms with E-state index in [-0.39, 0.29) is 18.0 Å². The summed E-state index contributed by atoms with van der Waals surface area (Å²) in [7, 11) is 0. The van der Waals surface area contributed by atoms with Crippen LogP contribution in [0.2, 0.25) is 0 Å². The highest BCUT2D eigenvalue weighted by atomic mass is 32.1. The van der Waals surface area contributed by atoms with E-state index in [2.05, 4.69) is 32.2 Å². The average molecular weight is 268 g/mol. The topological polar surface area (TPSA) is 55.1 Å². The highest BCUT2D eigenvalue weighted by molar-refractivity contribution is 7.10. The minimum atomic E-state index is -0.0221. The number of hydrogen-bond acceptors (Lipinski definition) is 3. The maximum atomic E-state index is 12.0. The number of nitrogens with one attached hydrogen (secondary N) is 1. The first kappa shape index (κ1) is 15.2. The van der Waals surface area contributed by atoms with Crippen molar-refractivity contribution >= 4 is 17.2 Å². The zero-order valence-corrected chi connectivity index (χ0v) is 12.3. The summed E-state index contributed by atoms with van der Waals surface area (Å²) in [6.07, 6.45) is 2.34. The van der Waals surface area contributed by atoms with Gasteiger partial charge >= 0.3 is 0 Å². The van der Waals surface area contributed by atoms with E-state index in [0.29, 0.717) is 12.3 Å².